The van der Waals surface area contributed by atoms with Crippen LogP contribution in [0.2, 0.25) is 0 Å². The van der Waals surface area contributed by atoms with Gasteiger partial charge in [0.25, 0.3) is 5.91 Å². The lowest BCUT2D eigenvalue weighted by atomic mass is 10.2. The maximum atomic E-state index is 11.8. The van der Waals surface area contributed by atoms with E-state index in [4.69, 9.17) is 0 Å². The highest BCUT2D eigenvalue weighted by Crippen LogP contribution is 2.16. The molecule has 0 aliphatic heterocycles. The van der Waals surface area contributed by atoms with Gasteiger partial charge >= 0.3 is 0 Å². The third-order valence-corrected chi connectivity index (χ3v) is 3.49. The minimum Gasteiger partial charge on any atom is -0.267 e. The van der Waals surface area contributed by atoms with E-state index in [0.717, 1.165) is 18.4 Å². The Hall–Kier alpha value is -2.01. The van der Waals surface area contributed by atoms with Gasteiger partial charge in [-0.1, -0.05) is 13.3 Å². The van der Waals surface area contributed by atoms with Crippen LogP contribution in [-0.4, -0.2) is 17.1 Å². The summed E-state index contributed by atoms with van der Waals surface area (Å²) in [5.41, 5.74) is 4.08. The monoisotopic (exact) mass is 273 g/mol. The van der Waals surface area contributed by atoms with Gasteiger partial charge in [-0.15, -0.1) is 11.3 Å². The zero-order valence-corrected chi connectivity index (χ0v) is 11.5. The first-order valence-corrected chi connectivity index (χ1v) is 6.98. The van der Waals surface area contributed by atoms with Crippen LogP contribution in [-0.2, 0) is 6.42 Å². The molecule has 2 heterocycles. The van der Waals surface area contributed by atoms with E-state index in [1.807, 2.05) is 23.6 Å². The second kappa shape index (κ2) is 6.80. The van der Waals surface area contributed by atoms with Crippen LogP contribution in [0.3, 0.4) is 0 Å². The summed E-state index contributed by atoms with van der Waals surface area (Å²) in [7, 11) is 0. The Labute approximate surface area is 116 Å². The largest absolute Gasteiger partial charge is 0.272 e. The predicted molar refractivity (Wildman–Crippen MR) is 77.6 cm³/mol. The molecule has 0 aliphatic rings. The number of pyridine rings is 1. The zero-order valence-electron chi connectivity index (χ0n) is 10.7. The molecule has 2 rings (SSSR count). The molecule has 19 heavy (non-hydrogen) atoms. The van der Waals surface area contributed by atoms with Gasteiger partial charge in [-0.3, -0.25) is 9.78 Å². The third kappa shape index (κ3) is 3.99. The standard InChI is InChI=1S/C14H15N3OS/c1-2-3-13-8-12(10-19-13)14(18)17-16-9-11-4-6-15-7-5-11/h4-10H,2-3H2,1H3,(H,17,18)/b16-9+. The average molecular weight is 273 g/mol. The number of hydrogen-bond acceptors (Lipinski definition) is 4. The number of aromatic nitrogens is 1. The Morgan fingerprint density at radius 1 is 1.47 bits per heavy atom. The van der Waals surface area contributed by atoms with Crippen LogP contribution in [0.5, 0.6) is 0 Å². The van der Waals surface area contributed by atoms with Gasteiger partial charge in [-0.2, -0.15) is 5.10 Å². The fourth-order valence-electron chi connectivity index (χ4n) is 1.56. The molecule has 0 saturated heterocycles. The topological polar surface area (TPSA) is 54.4 Å². The van der Waals surface area contributed by atoms with Gasteiger partial charge in [0, 0.05) is 22.7 Å². The van der Waals surface area contributed by atoms with Crippen LogP contribution < -0.4 is 5.43 Å². The van der Waals surface area contributed by atoms with Crippen molar-refractivity contribution in [1.82, 2.24) is 10.4 Å². The molecule has 4 nitrogen and oxygen atoms in total. The summed E-state index contributed by atoms with van der Waals surface area (Å²) in [4.78, 5) is 17.0. The Morgan fingerprint density at radius 3 is 3.00 bits per heavy atom. The van der Waals surface area contributed by atoms with Crippen LogP contribution in [0.4, 0.5) is 0 Å². The smallest absolute Gasteiger partial charge is 0.267 e. The van der Waals surface area contributed by atoms with Crippen molar-refractivity contribution in [2.24, 2.45) is 5.10 Å². The molecular formula is C14H15N3OS. The van der Waals surface area contributed by atoms with Crippen molar-refractivity contribution in [3.8, 4) is 0 Å². The van der Waals surface area contributed by atoms with Gasteiger partial charge in [-0.05, 0) is 30.2 Å². The highest BCUT2D eigenvalue weighted by atomic mass is 32.1. The van der Waals surface area contributed by atoms with E-state index in [9.17, 15) is 4.79 Å². The quantitative estimate of drug-likeness (QED) is 0.672. The molecule has 0 bridgehead atoms. The summed E-state index contributed by atoms with van der Waals surface area (Å²) < 4.78 is 0. The van der Waals surface area contributed by atoms with Gasteiger partial charge in [0.15, 0.2) is 0 Å². The Morgan fingerprint density at radius 2 is 2.26 bits per heavy atom. The maximum absolute atomic E-state index is 11.8. The van der Waals surface area contributed by atoms with Gasteiger partial charge in [0.05, 0.1) is 11.8 Å². The number of carbonyl (C=O) groups excluding carboxylic acids is 1. The zero-order chi connectivity index (χ0) is 13.5. The molecule has 0 spiro atoms. The first-order chi connectivity index (χ1) is 9.29. The van der Waals surface area contributed by atoms with Gasteiger partial charge in [-0.25, -0.2) is 5.43 Å². The third-order valence-electron chi connectivity index (χ3n) is 2.50. The fraction of sp³-hybridized carbons (Fsp3) is 0.214. The van der Waals surface area contributed by atoms with Gasteiger partial charge < -0.3 is 0 Å². The summed E-state index contributed by atoms with van der Waals surface area (Å²) in [6.45, 7) is 2.12. The molecule has 0 aliphatic carbocycles. The molecule has 0 unspecified atom stereocenters. The molecule has 0 radical (unpaired) electrons. The van der Waals surface area contributed by atoms with Crippen molar-refractivity contribution in [2.45, 2.75) is 19.8 Å². The van der Waals surface area contributed by atoms with Crippen molar-refractivity contribution in [3.05, 3.63) is 52.0 Å². The lowest BCUT2D eigenvalue weighted by molar-refractivity contribution is 0.0955. The summed E-state index contributed by atoms with van der Waals surface area (Å²) in [5, 5.41) is 5.79. The van der Waals surface area contributed by atoms with Crippen LogP contribution in [0, 0.1) is 0 Å². The summed E-state index contributed by atoms with van der Waals surface area (Å²) in [5.74, 6) is -0.177. The molecule has 98 valence electrons. The van der Waals surface area contributed by atoms with E-state index < -0.39 is 0 Å². The second-order valence-corrected chi connectivity index (χ2v) is 5.03. The van der Waals surface area contributed by atoms with Gasteiger partial charge in [0.1, 0.15) is 0 Å². The van der Waals surface area contributed by atoms with Crippen molar-refractivity contribution < 1.29 is 4.79 Å². The van der Waals surface area contributed by atoms with E-state index in [-0.39, 0.29) is 5.91 Å². The highest BCUT2D eigenvalue weighted by molar-refractivity contribution is 7.10. The van der Waals surface area contributed by atoms with E-state index >= 15 is 0 Å². The summed E-state index contributed by atoms with van der Waals surface area (Å²) in [6, 6.07) is 5.56. The fourth-order valence-corrected chi connectivity index (χ4v) is 2.53. The molecule has 0 fully saturated rings. The number of aryl methyl sites for hydroxylation is 1. The molecule has 0 saturated carbocycles. The minimum atomic E-state index is -0.177. The van der Waals surface area contributed by atoms with E-state index in [1.54, 1.807) is 29.9 Å². The number of amides is 1. The van der Waals surface area contributed by atoms with E-state index in [1.165, 1.54) is 4.88 Å². The number of hydrazone groups is 1. The Kier molecular flexibility index (Phi) is 4.80. The predicted octanol–water partition coefficient (Wildman–Crippen LogP) is 2.86. The van der Waals surface area contributed by atoms with Gasteiger partial charge in [0.2, 0.25) is 0 Å². The van der Waals surface area contributed by atoms with Crippen LogP contribution in [0.1, 0.15) is 34.1 Å². The van der Waals surface area contributed by atoms with Crippen molar-refractivity contribution in [2.75, 3.05) is 0 Å². The Balaban J connectivity index is 1.92. The maximum Gasteiger partial charge on any atom is 0.272 e. The first-order valence-electron chi connectivity index (χ1n) is 6.10. The normalized spacial score (nSPS) is 10.8. The lowest BCUT2D eigenvalue weighted by Crippen LogP contribution is -2.16. The van der Waals surface area contributed by atoms with Crippen molar-refractivity contribution >= 4 is 23.5 Å². The molecule has 2 aromatic heterocycles. The second-order valence-electron chi connectivity index (χ2n) is 4.03. The lowest BCUT2D eigenvalue weighted by Gasteiger charge is -1.96. The number of rotatable bonds is 5. The van der Waals surface area contributed by atoms with Crippen LogP contribution in [0.15, 0.2) is 41.1 Å². The number of thiophene rings is 1. The Bertz CT molecular complexity index is 563. The van der Waals surface area contributed by atoms with Crippen molar-refractivity contribution in [1.29, 1.82) is 0 Å². The molecule has 0 atom stereocenters. The number of nitrogens with zero attached hydrogens (tertiary/aromatic N) is 2. The summed E-state index contributed by atoms with van der Waals surface area (Å²) >= 11 is 1.61. The molecule has 1 amide bonds. The van der Waals surface area contributed by atoms with Crippen LogP contribution >= 0.6 is 11.3 Å². The molecule has 5 heteroatoms. The number of carbonyl (C=O) groups is 1. The number of hydrogen-bond donors (Lipinski definition) is 1. The van der Waals surface area contributed by atoms with E-state index in [2.05, 4.69) is 22.4 Å². The number of nitrogens with one attached hydrogen (secondary N) is 1. The average Bonchev–Trinajstić information content (AvgIpc) is 2.89. The molecule has 1 N–H and O–H groups in total. The van der Waals surface area contributed by atoms with Crippen molar-refractivity contribution in [3.63, 3.8) is 0 Å². The highest BCUT2D eigenvalue weighted by Gasteiger charge is 2.07. The summed E-state index contributed by atoms with van der Waals surface area (Å²) in [6.07, 6.45) is 7.05. The van der Waals surface area contributed by atoms with E-state index in [0.29, 0.717) is 5.56 Å². The molecular weight excluding hydrogens is 258 g/mol. The first kappa shape index (κ1) is 13.4. The van der Waals surface area contributed by atoms with Crippen LogP contribution in [0.25, 0.3) is 0 Å². The SMILES string of the molecule is CCCc1cc(C(=O)N/N=C/c2ccncc2)cs1. The molecule has 2 aromatic rings. The molecule has 0 aromatic carbocycles. The minimum absolute atomic E-state index is 0.177.